The maximum absolute atomic E-state index is 11.8. The van der Waals surface area contributed by atoms with Gasteiger partial charge in [0.1, 0.15) is 0 Å². The van der Waals surface area contributed by atoms with Crippen molar-refractivity contribution in [2.24, 2.45) is 23.5 Å². The lowest BCUT2D eigenvalue weighted by atomic mass is 9.84. The predicted molar refractivity (Wildman–Crippen MR) is 71.6 cm³/mol. The van der Waals surface area contributed by atoms with Gasteiger partial charge in [-0.3, -0.25) is 4.79 Å². The molecule has 0 bridgehead atoms. The van der Waals surface area contributed by atoms with E-state index in [0.717, 1.165) is 19.4 Å². The van der Waals surface area contributed by atoms with Crippen LogP contribution in [0.15, 0.2) is 0 Å². The van der Waals surface area contributed by atoms with Crippen molar-refractivity contribution in [1.29, 1.82) is 0 Å². The van der Waals surface area contributed by atoms with Gasteiger partial charge >= 0.3 is 0 Å². The van der Waals surface area contributed by atoms with Gasteiger partial charge in [0.15, 0.2) is 0 Å². The van der Waals surface area contributed by atoms with Crippen molar-refractivity contribution < 1.29 is 4.79 Å². The van der Waals surface area contributed by atoms with Crippen molar-refractivity contribution in [2.75, 3.05) is 6.54 Å². The molecule has 1 aliphatic carbocycles. The highest BCUT2D eigenvalue weighted by atomic mass is 16.1. The minimum absolute atomic E-state index is 0.205. The molecule has 100 valence electrons. The zero-order valence-corrected chi connectivity index (χ0v) is 11.5. The Hall–Kier alpha value is -0.570. The molecule has 0 aliphatic heterocycles. The molecule has 3 heteroatoms. The Bertz CT molecular complexity index is 240. The number of nitrogens with two attached hydrogens (primary N) is 1. The highest BCUT2D eigenvalue weighted by Crippen LogP contribution is 2.25. The topological polar surface area (TPSA) is 55.1 Å². The van der Waals surface area contributed by atoms with Crippen LogP contribution in [0.5, 0.6) is 0 Å². The van der Waals surface area contributed by atoms with Gasteiger partial charge in [-0.25, -0.2) is 0 Å². The Morgan fingerprint density at radius 2 is 2.06 bits per heavy atom. The van der Waals surface area contributed by atoms with E-state index in [1.54, 1.807) is 0 Å². The van der Waals surface area contributed by atoms with Crippen LogP contribution in [0.4, 0.5) is 0 Å². The number of rotatable bonds is 5. The minimum atomic E-state index is 0.205. The molecule has 3 nitrogen and oxygen atoms in total. The third kappa shape index (κ3) is 5.53. The summed E-state index contributed by atoms with van der Waals surface area (Å²) >= 11 is 0. The molecule has 0 aromatic carbocycles. The van der Waals surface area contributed by atoms with Gasteiger partial charge in [0.05, 0.1) is 0 Å². The predicted octanol–water partition coefficient (Wildman–Crippen LogP) is 2.30. The van der Waals surface area contributed by atoms with Gasteiger partial charge in [-0.05, 0) is 37.0 Å². The highest BCUT2D eigenvalue weighted by molar-refractivity contribution is 5.76. The average Bonchev–Trinajstić information content (AvgIpc) is 2.25. The van der Waals surface area contributed by atoms with Gasteiger partial charge in [0.2, 0.25) is 5.91 Å². The summed E-state index contributed by atoms with van der Waals surface area (Å²) in [5, 5.41) is 3.05. The fourth-order valence-electron chi connectivity index (χ4n) is 2.36. The summed E-state index contributed by atoms with van der Waals surface area (Å²) in [4.78, 5) is 11.8. The van der Waals surface area contributed by atoms with E-state index in [2.05, 4.69) is 26.1 Å². The molecule has 0 aromatic rings. The van der Waals surface area contributed by atoms with E-state index in [9.17, 15) is 4.79 Å². The SMILES string of the molecule is CC(C)C(C)CNC(=O)CC1CCCC(N)C1. The zero-order valence-electron chi connectivity index (χ0n) is 11.5. The summed E-state index contributed by atoms with van der Waals surface area (Å²) in [5.74, 6) is 1.88. The van der Waals surface area contributed by atoms with Crippen molar-refractivity contribution in [3.8, 4) is 0 Å². The number of nitrogens with one attached hydrogen (secondary N) is 1. The molecule has 3 unspecified atom stereocenters. The van der Waals surface area contributed by atoms with E-state index in [1.807, 2.05) is 0 Å². The molecular formula is C14H28N2O. The van der Waals surface area contributed by atoms with E-state index in [0.29, 0.717) is 30.2 Å². The summed E-state index contributed by atoms with van der Waals surface area (Å²) < 4.78 is 0. The van der Waals surface area contributed by atoms with Crippen LogP contribution >= 0.6 is 0 Å². The number of carbonyl (C=O) groups excluding carboxylic acids is 1. The van der Waals surface area contributed by atoms with E-state index < -0.39 is 0 Å². The molecule has 1 rings (SSSR count). The number of hydrogen-bond donors (Lipinski definition) is 2. The van der Waals surface area contributed by atoms with Crippen molar-refractivity contribution in [1.82, 2.24) is 5.32 Å². The van der Waals surface area contributed by atoms with E-state index in [-0.39, 0.29) is 5.91 Å². The number of hydrogen-bond acceptors (Lipinski definition) is 2. The Morgan fingerprint density at radius 1 is 1.35 bits per heavy atom. The Balaban J connectivity index is 2.20. The molecule has 17 heavy (non-hydrogen) atoms. The Labute approximate surface area is 106 Å². The third-order valence-electron chi connectivity index (χ3n) is 4.06. The van der Waals surface area contributed by atoms with E-state index in [1.165, 1.54) is 12.8 Å². The lowest BCUT2D eigenvalue weighted by molar-refractivity contribution is -0.122. The van der Waals surface area contributed by atoms with Gasteiger partial charge in [-0.2, -0.15) is 0 Å². The van der Waals surface area contributed by atoms with Gasteiger partial charge in [0, 0.05) is 19.0 Å². The first kappa shape index (κ1) is 14.5. The molecule has 1 amide bonds. The second kappa shape index (κ2) is 7.00. The summed E-state index contributed by atoms with van der Waals surface area (Å²) in [6.45, 7) is 7.37. The third-order valence-corrected chi connectivity index (χ3v) is 4.06. The second-order valence-electron chi connectivity index (χ2n) is 6.02. The van der Waals surface area contributed by atoms with Crippen LogP contribution in [-0.2, 0) is 4.79 Å². The van der Waals surface area contributed by atoms with Crippen molar-refractivity contribution in [3.63, 3.8) is 0 Å². The largest absolute Gasteiger partial charge is 0.356 e. The van der Waals surface area contributed by atoms with E-state index in [4.69, 9.17) is 5.73 Å². The van der Waals surface area contributed by atoms with Crippen molar-refractivity contribution in [3.05, 3.63) is 0 Å². The number of amides is 1. The van der Waals surface area contributed by atoms with Crippen LogP contribution in [0.3, 0.4) is 0 Å². The van der Waals surface area contributed by atoms with Crippen molar-refractivity contribution in [2.45, 2.75) is 58.9 Å². The van der Waals surface area contributed by atoms with Crippen molar-refractivity contribution >= 4 is 5.91 Å². The summed E-state index contributed by atoms with van der Waals surface area (Å²) in [6.07, 6.45) is 5.16. The highest BCUT2D eigenvalue weighted by Gasteiger charge is 2.21. The van der Waals surface area contributed by atoms with Crippen LogP contribution < -0.4 is 11.1 Å². The molecule has 0 radical (unpaired) electrons. The molecule has 0 aromatic heterocycles. The fourth-order valence-corrected chi connectivity index (χ4v) is 2.36. The molecule has 3 atom stereocenters. The molecule has 3 N–H and O–H groups in total. The quantitative estimate of drug-likeness (QED) is 0.774. The molecule has 0 heterocycles. The summed E-state index contributed by atoms with van der Waals surface area (Å²) in [6, 6.07) is 0.316. The lowest BCUT2D eigenvalue weighted by Crippen LogP contribution is -2.34. The lowest BCUT2D eigenvalue weighted by Gasteiger charge is -2.26. The molecular weight excluding hydrogens is 212 g/mol. The van der Waals surface area contributed by atoms with E-state index >= 15 is 0 Å². The van der Waals surface area contributed by atoms with Crippen LogP contribution in [-0.4, -0.2) is 18.5 Å². The first-order valence-electron chi connectivity index (χ1n) is 7.01. The van der Waals surface area contributed by atoms with Gasteiger partial charge in [-0.15, -0.1) is 0 Å². The molecule has 0 spiro atoms. The fraction of sp³-hybridized carbons (Fsp3) is 0.929. The zero-order chi connectivity index (χ0) is 12.8. The standard InChI is InChI=1S/C14H28N2O/c1-10(2)11(3)9-16-14(17)8-12-5-4-6-13(15)7-12/h10-13H,4-9,15H2,1-3H3,(H,16,17). The van der Waals surface area contributed by atoms with Crippen LogP contribution in [0.25, 0.3) is 0 Å². The smallest absolute Gasteiger partial charge is 0.220 e. The monoisotopic (exact) mass is 240 g/mol. The molecule has 1 aliphatic rings. The van der Waals surface area contributed by atoms with Crippen LogP contribution in [0.1, 0.15) is 52.9 Å². The molecule has 1 fully saturated rings. The van der Waals surface area contributed by atoms with Crippen LogP contribution in [0.2, 0.25) is 0 Å². The Kier molecular flexibility index (Phi) is 5.96. The van der Waals surface area contributed by atoms with Gasteiger partial charge < -0.3 is 11.1 Å². The summed E-state index contributed by atoms with van der Waals surface area (Å²) in [7, 11) is 0. The summed E-state index contributed by atoms with van der Waals surface area (Å²) in [5.41, 5.74) is 5.93. The first-order chi connectivity index (χ1) is 7.99. The van der Waals surface area contributed by atoms with Gasteiger partial charge in [0.25, 0.3) is 0 Å². The average molecular weight is 240 g/mol. The maximum Gasteiger partial charge on any atom is 0.220 e. The van der Waals surface area contributed by atoms with Crippen LogP contribution in [0, 0.1) is 17.8 Å². The normalized spacial score (nSPS) is 26.9. The first-order valence-corrected chi connectivity index (χ1v) is 7.01. The Morgan fingerprint density at radius 3 is 2.65 bits per heavy atom. The molecule has 1 saturated carbocycles. The maximum atomic E-state index is 11.8. The second-order valence-corrected chi connectivity index (χ2v) is 6.02. The molecule has 0 saturated heterocycles. The minimum Gasteiger partial charge on any atom is -0.356 e. The number of carbonyl (C=O) groups is 1. The van der Waals surface area contributed by atoms with Gasteiger partial charge in [-0.1, -0.05) is 27.2 Å².